The summed E-state index contributed by atoms with van der Waals surface area (Å²) in [7, 11) is 1.63. The summed E-state index contributed by atoms with van der Waals surface area (Å²) < 4.78 is 1.34. The first-order valence-corrected chi connectivity index (χ1v) is 6.97. The van der Waals surface area contributed by atoms with E-state index in [0.717, 1.165) is 0 Å². The molecule has 2 heterocycles. The molecule has 2 aromatic rings. The Bertz CT molecular complexity index is 876. The number of carbonyl (C=O) groups is 2. The number of rotatable bonds is 1. The largest absolute Gasteiger partial charge is 0.398 e. The van der Waals surface area contributed by atoms with E-state index in [1.54, 1.807) is 33.0 Å². The summed E-state index contributed by atoms with van der Waals surface area (Å²) in [4.78, 5) is 40.9. The second kappa shape index (κ2) is 4.69. The molecule has 0 bridgehead atoms. The highest BCUT2D eigenvalue weighted by molar-refractivity contribution is 6.28. The average molecular weight is 298 g/mol. The number of nitrogens with two attached hydrogens (primary N) is 1. The maximum Gasteiger partial charge on any atom is 0.263 e. The van der Waals surface area contributed by atoms with Gasteiger partial charge in [0.1, 0.15) is 13.7 Å². The Hall–Kier alpha value is -2.64. The highest BCUT2D eigenvalue weighted by Gasteiger charge is 2.41. The number of nitrogens with zero attached hydrogens (tertiary/aromatic N) is 2. The first-order chi connectivity index (χ1) is 10.3. The van der Waals surface area contributed by atoms with Crippen LogP contribution in [0.25, 0.3) is 10.9 Å². The van der Waals surface area contributed by atoms with Crippen molar-refractivity contribution in [1.29, 1.82) is 0 Å². The van der Waals surface area contributed by atoms with Gasteiger partial charge in [0.25, 0.3) is 5.56 Å². The van der Waals surface area contributed by atoms with Crippen molar-refractivity contribution in [2.24, 2.45) is 0 Å². The Balaban J connectivity index is 2.32. The van der Waals surface area contributed by atoms with E-state index in [4.69, 9.17) is 5.73 Å². The van der Waals surface area contributed by atoms with E-state index in [9.17, 15) is 14.4 Å². The minimum atomic E-state index is -1.15. The van der Waals surface area contributed by atoms with E-state index in [1.165, 1.54) is 4.57 Å². The van der Waals surface area contributed by atoms with Crippen LogP contribution >= 0.6 is 0 Å². The van der Waals surface area contributed by atoms with Crippen LogP contribution in [0.2, 0.25) is 0 Å². The van der Waals surface area contributed by atoms with E-state index in [2.05, 4.69) is 10.3 Å². The standard InChI is InChI=1S/C14H15BN4O3/c1-7-17-9-4-2-3-8(16)11(9)12(21)19(7)14(15)6-5-10(20)18-13(14)22/h2-4H,5-6,15-16H2,1H3,(H,18,20,22). The van der Waals surface area contributed by atoms with Crippen LogP contribution in [0.15, 0.2) is 23.0 Å². The number of amides is 2. The number of anilines is 1. The van der Waals surface area contributed by atoms with Crippen LogP contribution in [-0.2, 0) is 15.0 Å². The summed E-state index contributed by atoms with van der Waals surface area (Å²) in [6.07, 6.45) is 0.425. The minimum absolute atomic E-state index is 0.177. The molecule has 0 spiro atoms. The van der Waals surface area contributed by atoms with E-state index in [1.807, 2.05) is 0 Å². The van der Waals surface area contributed by atoms with Gasteiger partial charge in [0, 0.05) is 12.1 Å². The van der Waals surface area contributed by atoms with Gasteiger partial charge >= 0.3 is 0 Å². The number of carbonyl (C=O) groups excluding carboxylic acids is 2. The average Bonchev–Trinajstić information content (AvgIpc) is 2.43. The third-order valence-corrected chi connectivity index (χ3v) is 4.17. The van der Waals surface area contributed by atoms with Crippen LogP contribution in [0, 0.1) is 6.92 Å². The van der Waals surface area contributed by atoms with Gasteiger partial charge in [-0.25, -0.2) is 4.98 Å². The summed E-state index contributed by atoms with van der Waals surface area (Å²) in [5.41, 5.74) is 5.19. The Kier molecular flexibility index (Phi) is 3.05. The van der Waals surface area contributed by atoms with Crippen molar-refractivity contribution in [2.75, 3.05) is 5.73 Å². The molecule has 1 atom stereocenters. The molecule has 22 heavy (non-hydrogen) atoms. The third kappa shape index (κ3) is 1.91. The van der Waals surface area contributed by atoms with E-state index in [-0.39, 0.29) is 24.3 Å². The van der Waals surface area contributed by atoms with Gasteiger partial charge < -0.3 is 5.73 Å². The summed E-state index contributed by atoms with van der Waals surface area (Å²) in [6, 6.07) is 5.05. The minimum Gasteiger partial charge on any atom is -0.398 e. The molecule has 0 radical (unpaired) electrons. The maximum absolute atomic E-state index is 12.9. The van der Waals surface area contributed by atoms with E-state index in [0.29, 0.717) is 22.4 Å². The molecule has 2 amide bonds. The first kappa shape index (κ1) is 14.3. The number of aryl methyl sites for hydroxylation is 1. The fraction of sp³-hybridized carbons (Fsp3) is 0.286. The van der Waals surface area contributed by atoms with Crippen molar-refractivity contribution in [2.45, 2.75) is 25.2 Å². The molecular weight excluding hydrogens is 283 g/mol. The molecule has 1 aliphatic rings. The molecule has 3 N–H and O–H groups in total. The summed E-state index contributed by atoms with van der Waals surface area (Å²) in [6.45, 7) is 1.67. The number of hydrogen-bond donors (Lipinski definition) is 2. The summed E-state index contributed by atoms with van der Waals surface area (Å²) >= 11 is 0. The number of hydrogen-bond acceptors (Lipinski definition) is 5. The fourth-order valence-electron chi connectivity index (χ4n) is 2.96. The Labute approximate surface area is 126 Å². The van der Waals surface area contributed by atoms with Crippen molar-refractivity contribution in [1.82, 2.24) is 14.9 Å². The van der Waals surface area contributed by atoms with Crippen LogP contribution in [0.3, 0.4) is 0 Å². The SMILES string of the molecule is BC1(n2c(C)nc3cccc(N)c3c2=O)CCC(=O)NC1=O. The molecule has 1 fully saturated rings. The highest BCUT2D eigenvalue weighted by atomic mass is 16.2. The summed E-state index contributed by atoms with van der Waals surface area (Å²) in [5.74, 6) is -0.416. The van der Waals surface area contributed by atoms with Crippen molar-refractivity contribution < 1.29 is 9.59 Å². The second-order valence-corrected chi connectivity index (χ2v) is 5.69. The van der Waals surface area contributed by atoms with Gasteiger partial charge in [-0.1, -0.05) is 6.07 Å². The van der Waals surface area contributed by atoms with Gasteiger partial charge in [0.15, 0.2) is 0 Å². The van der Waals surface area contributed by atoms with Crippen molar-refractivity contribution in [3.63, 3.8) is 0 Å². The molecule has 1 aromatic heterocycles. The number of imide groups is 1. The van der Waals surface area contributed by atoms with Crippen LogP contribution < -0.4 is 16.6 Å². The van der Waals surface area contributed by atoms with Crippen LogP contribution in [0.4, 0.5) is 5.69 Å². The van der Waals surface area contributed by atoms with Gasteiger partial charge in [0.05, 0.1) is 16.3 Å². The van der Waals surface area contributed by atoms with Crippen molar-refractivity contribution in [3.05, 3.63) is 34.4 Å². The summed E-state index contributed by atoms with van der Waals surface area (Å²) in [5, 5.41) is 2.58. The molecule has 1 saturated heterocycles. The number of piperidine rings is 1. The number of nitrogen functional groups attached to an aromatic ring is 1. The quantitative estimate of drug-likeness (QED) is 0.399. The Morgan fingerprint density at radius 2 is 2.09 bits per heavy atom. The smallest absolute Gasteiger partial charge is 0.263 e. The lowest BCUT2D eigenvalue weighted by Crippen LogP contribution is -2.58. The molecule has 3 rings (SSSR count). The molecule has 0 saturated carbocycles. The van der Waals surface area contributed by atoms with Gasteiger partial charge in [-0.05, 0) is 25.5 Å². The lowest BCUT2D eigenvalue weighted by atomic mass is 9.71. The van der Waals surface area contributed by atoms with Crippen molar-refractivity contribution >= 4 is 36.3 Å². The van der Waals surface area contributed by atoms with Gasteiger partial charge in [-0.15, -0.1) is 0 Å². The van der Waals surface area contributed by atoms with E-state index >= 15 is 0 Å². The van der Waals surface area contributed by atoms with Crippen LogP contribution in [0.1, 0.15) is 18.7 Å². The van der Waals surface area contributed by atoms with Crippen molar-refractivity contribution in [3.8, 4) is 0 Å². The molecule has 1 aliphatic heterocycles. The molecule has 8 heteroatoms. The third-order valence-electron chi connectivity index (χ3n) is 4.17. The molecule has 0 aliphatic carbocycles. The molecule has 1 aromatic carbocycles. The zero-order chi connectivity index (χ0) is 16.1. The lowest BCUT2D eigenvalue weighted by molar-refractivity contribution is -0.137. The normalized spacial score (nSPS) is 21.9. The molecule has 1 unspecified atom stereocenters. The number of fused-ring (bicyclic) bond motifs is 1. The zero-order valence-electron chi connectivity index (χ0n) is 12.3. The maximum atomic E-state index is 12.9. The first-order valence-electron chi connectivity index (χ1n) is 6.97. The molecule has 7 nitrogen and oxygen atoms in total. The second-order valence-electron chi connectivity index (χ2n) is 5.69. The number of aromatic nitrogens is 2. The number of benzene rings is 1. The molecule has 112 valence electrons. The van der Waals surface area contributed by atoms with Gasteiger partial charge in [-0.3, -0.25) is 24.3 Å². The lowest BCUT2D eigenvalue weighted by Gasteiger charge is -2.34. The predicted octanol–water partition coefficient (Wildman–Crippen LogP) is -0.990. The predicted molar refractivity (Wildman–Crippen MR) is 84.1 cm³/mol. The zero-order valence-corrected chi connectivity index (χ0v) is 12.3. The topological polar surface area (TPSA) is 107 Å². The van der Waals surface area contributed by atoms with Crippen LogP contribution in [-0.4, -0.2) is 29.2 Å². The monoisotopic (exact) mass is 298 g/mol. The fourth-order valence-corrected chi connectivity index (χ4v) is 2.96. The van der Waals surface area contributed by atoms with Crippen LogP contribution in [0.5, 0.6) is 0 Å². The number of nitrogens with one attached hydrogen (secondary N) is 1. The van der Waals surface area contributed by atoms with E-state index < -0.39 is 11.3 Å². The van der Waals surface area contributed by atoms with Gasteiger partial charge in [0.2, 0.25) is 11.8 Å². The molecular formula is C14H15BN4O3. The Morgan fingerprint density at radius 3 is 2.77 bits per heavy atom. The highest BCUT2D eigenvalue weighted by Crippen LogP contribution is 2.25. The van der Waals surface area contributed by atoms with Gasteiger partial charge in [-0.2, -0.15) is 0 Å². The Morgan fingerprint density at radius 1 is 1.36 bits per heavy atom.